The summed E-state index contributed by atoms with van der Waals surface area (Å²) < 4.78 is 0. The first kappa shape index (κ1) is 14.0. The summed E-state index contributed by atoms with van der Waals surface area (Å²) in [5.41, 5.74) is 1.99. The summed E-state index contributed by atoms with van der Waals surface area (Å²) in [6.45, 7) is 5.26. The standard InChI is InChI=1S/C11H18N4O3/c1-5-8(10(16)17)15(4)11(18)12-9-6(2)13-14-7(9)3/h8H,5H2,1-4H3,(H,12,18)(H,13,14)(H,16,17). The fourth-order valence-corrected chi connectivity index (χ4v) is 1.69. The number of carboxylic acid groups (broad SMARTS) is 1. The Morgan fingerprint density at radius 2 is 2.11 bits per heavy atom. The van der Waals surface area contributed by atoms with Crippen molar-refractivity contribution in [2.45, 2.75) is 33.2 Å². The third-order valence-electron chi connectivity index (χ3n) is 2.82. The second-order valence-corrected chi connectivity index (χ2v) is 4.11. The summed E-state index contributed by atoms with van der Waals surface area (Å²) in [4.78, 5) is 24.1. The number of aromatic amines is 1. The summed E-state index contributed by atoms with van der Waals surface area (Å²) in [6, 6.07) is -1.30. The summed E-state index contributed by atoms with van der Waals surface area (Å²) in [7, 11) is 1.46. The number of aryl methyl sites for hydroxylation is 2. The lowest BCUT2D eigenvalue weighted by molar-refractivity contribution is -0.141. The van der Waals surface area contributed by atoms with Crippen molar-refractivity contribution in [3.05, 3.63) is 11.4 Å². The van der Waals surface area contributed by atoms with Crippen LogP contribution in [0.25, 0.3) is 0 Å². The predicted octanol–water partition coefficient (Wildman–Crippen LogP) is 1.35. The van der Waals surface area contributed by atoms with Crippen LogP contribution >= 0.6 is 0 Å². The zero-order valence-corrected chi connectivity index (χ0v) is 10.9. The SMILES string of the molecule is CCC(C(=O)O)N(C)C(=O)Nc1c(C)n[nH]c1C. The van der Waals surface area contributed by atoms with E-state index >= 15 is 0 Å². The lowest BCUT2D eigenvalue weighted by Crippen LogP contribution is -2.44. The Hall–Kier alpha value is -2.05. The molecule has 0 bridgehead atoms. The van der Waals surface area contributed by atoms with E-state index in [0.29, 0.717) is 17.8 Å². The quantitative estimate of drug-likeness (QED) is 0.755. The number of urea groups is 1. The van der Waals surface area contributed by atoms with E-state index < -0.39 is 18.0 Å². The number of H-pyrrole nitrogens is 1. The van der Waals surface area contributed by atoms with Crippen molar-refractivity contribution < 1.29 is 14.7 Å². The zero-order valence-electron chi connectivity index (χ0n) is 10.9. The van der Waals surface area contributed by atoms with Gasteiger partial charge in [0.05, 0.1) is 17.1 Å². The minimum atomic E-state index is -1.02. The third-order valence-corrected chi connectivity index (χ3v) is 2.82. The number of carbonyl (C=O) groups is 2. The van der Waals surface area contributed by atoms with Crippen molar-refractivity contribution in [1.82, 2.24) is 15.1 Å². The highest BCUT2D eigenvalue weighted by Crippen LogP contribution is 2.17. The third kappa shape index (κ3) is 2.79. The van der Waals surface area contributed by atoms with Crippen molar-refractivity contribution in [3.63, 3.8) is 0 Å². The molecule has 18 heavy (non-hydrogen) atoms. The molecule has 0 saturated heterocycles. The summed E-state index contributed by atoms with van der Waals surface area (Å²) >= 11 is 0. The van der Waals surface area contributed by atoms with Crippen molar-refractivity contribution in [1.29, 1.82) is 0 Å². The number of aliphatic carboxylic acids is 1. The van der Waals surface area contributed by atoms with Gasteiger partial charge in [-0.3, -0.25) is 5.10 Å². The highest BCUT2D eigenvalue weighted by molar-refractivity contribution is 5.93. The second-order valence-electron chi connectivity index (χ2n) is 4.11. The van der Waals surface area contributed by atoms with Gasteiger partial charge in [0.1, 0.15) is 6.04 Å². The predicted molar refractivity (Wildman–Crippen MR) is 66.6 cm³/mol. The van der Waals surface area contributed by atoms with Crippen molar-refractivity contribution in [3.8, 4) is 0 Å². The van der Waals surface area contributed by atoms with E-state index in [0.717, 1.165) is 5.69 Å². The largest absolute Gasteiger partial charge is 0.480 e. The molecule has 0 aliphatic rings. The first-order chi connectivity index (χ1) is 8.38. The van der Waals surface area contributed by atoms with E-state index in [2.05, 4.69) is 15.5 Å². The maximum absolute atomic E-state index is 11.9. The number of nitrogens with one attached hydrogen (secondary N) is 2. The van der Waals surface area contributed by atoms with E-state index in [1.165, 1.54) is 11.9 Å². The highest BCUT2D eigenvalue weighted by Gasteiger charge is 2.25. The number of carbonyl (C=O) groups excluding carboxylic acids is 1. The monoisotopic (exact) mass is 254 g/mol. The van der Waals surface area contributed by atoms with Crippen LogP contribution in [0.1, 0.15) is 24.7 Å². The van der Waals surface area contributed by atoms with Gasteiger partial charge in [0.25, 0.3) is 0 Å². The maximum atomic E-state index is 11.9. The molecule has 7 nitrogen and oxygen atoms in total. The molecule has 0 fully saturated rings. The molecule has 2 amide bonds. The lowest BCUT2D eigenvalue weighted by atomic mass is 10.2. The van der Waals surface area contributed by atoms with E-state index in [4.69, 9.17) is 5.11 Å². The van der Waals surface area contributed by atoms with Gasteiger partial charge in [-0.05, 0) is 20.3 Å². The smallest absolute Gasteiger partial charge is 0.326 e. The van der Waals surface area contributed by atoms with Crippen molar-refractivity contribution >= 4 is 17.7 Å². The summed E-state index contributed by atoms with van der Waals surface area (Å²) in [5, 5.41) is 18.3. The normalized spacial score (nSPS) is 12.0. The number of carboxylic acids is 1. The highest BCUT2D eigenvalue weighted by atomic mass is 16.4. The van der Waals surface area contributed by atoms with Crippen molar-refractivity contribution in [2.75, 3.05) is 12.4 Å². The zero-order chi connectivity index (χ0) is 13.9. The molecule has 0 aliphatic heterocycles. The van der Waals surface area contributed by atoms with Crippen LogP contribution in [0.2, 0.25) is 0 Å². The molecule has 0 radical (unpaired) electrons. The number of anilines is 1. The first-order valence-corrected chi connectivity index (χ1v) is 5.66. The molecule has 0 aliphatic carbocycles. The molecular formula is C11H18N4O3. The molecule has 1 rings (SSSR count). The van der Waals surface area contributed by atoms with E-state index in [-0.39, 0.29) is 0 Å². The van der Waals surface area contributed by atoms with E-state index in [1.54, 1.807) is 20.8 Å². The van der Waals surface area contributed by atoms with Crippen LogP contribution in [0.15, 0.2) is 0 Å². The molecule has 100 valence electrons. The minimum absolute atomic E-state index is 0.350. The van der Waals surface area contributed by atoms with Crippen LogP contribution in [0.3, 0.4) is 0 Å². The van der Waals surface area contributed by atoms with Gasteiger partial charge in [-0.1, -0.05) is 6.92 Å². The van der Waals surface area contributed by atoms with Crippen LogP contribution < -0.4 is 5.32 Å². The molecular weight excluding hydrogens is 236 g/mol. The molecule has 1 atom stereocenters. The van der Waals surface area contributed by atoms with E-state index in [9.17, 15) is 9.59 Å². The number of nitrogens with zero attached hydrogens (tertiary/aromatic N) is 2. The van der Waals surface area contributed by atoms with Crippen molar-refractivity contribution in [2.24, 2.45) is 0 Å². The Bertz CT molecular complexity index is 436. The molecule has 1 aromatic heterocycles. The summed E-state index contributed by atoms with van der Waals surface area (Å²) in [5.74, 6) is -1.02. The fraction of sp³-hybridized carbons (Fsp3) is 0.545. The molecule has 0 aromatic carbocycles. The van der Waals surface area contributed by atoms with Gasteiger partial charge < -0.3 is 15.3 Å². The van der Waals surface area contributed by atoms with Crippen LogP contribution in [0, 0.1) is 13.8 Å². The second kappa shape index (κ2) is 5.52. The Balaban J connectivity index is 2.80. The van der Waals surface area contributed by atoms with Crippen LogP contribution in [-0.2, 0) is 4.79 Å². The number of likely N-dealkylation sites (N-methyl/N-ethyl adjacent to an activating group) is 1. The maximum Gasteiger partial charge on any atom is 0.326 e. The van der Waals surface area contributed by atoms with Gasteiger partial charge in [-0.15, -0.1) is 0 Å². The van der Waals surface area contributed by atoms with Gasteiger partial charge >= 0.3 is 12.0 Å². The topological polar surface area (TPSA) is 98.3 Å². The van der Waals surface area contributed by atoms with Gasteiger partial charge in [-0.2, -0.15) is 5.10 Å². The number of rotatable bonds is 4. The Kier molecular flexibility index (Phi) is 4.30. The van der Waals surface area contributed by atoms with Gasteiger partial charge in [0.15, 0.2) is 0 Å². The fourth-order valence-electron chi connectivity index (χ4n) is 1.69. The van der Waals surface area contributed by atoms with Gasteiger partial charge in [0.2, 0.25) is 0 Å². The Labute approximate surface area is 105 Å². The van der Waals surface area contributed by atoms with Gasteiger partial charge in [0, 0.05) is 7.05 Å². The molecule has 1 aromatic rings. The van der Waals surface area contributed by atoms with E-state index in [1.807, 2.05) is 0 Å². The molecule has 1 unspecified atom stereocenters. The van der Waals surface area contributed by atoms with Crippen LogP contribution in [-0.4, -0.2) is 45.3 Å². The Morgan fingerprint density at radius 3 is 2.50 bits per heavy atom. The number of amides is 2. The first-order valence-electron chi connectivity index (χ1n) is 5.66. The molecule has 7 heteroatoms. The molecule has 1 heterocycles. The lowest BCUT2D eigenvalue weighted by Gasteiger charge is -2.24. The molecule has 0 saturated carbocycles. The molecule has 0 spiro atoms. The number of aromatic nitrogens is 2. The number of hydrogen-bond donors (Lipinski definition) is 3. The summed E-state index contributed by atoms with van der Waals surface area (Å²) in [6.07, 6.45) is 0.350. The molecule has 3 N–H and O–H groups in total. The van der Waals surface area contributed by atoms with Crippen LogP contribution in [0.5, 0.6) is 0 Å². The minimum Gasteiger partial charge on any atom is -0.480 e. The van der Waals surface area contributed by atoms with Gasteiger partial charge in [-0.25, -0.2) is 9.59 Å². The average Bonchev–Trinajstić information content (AvgIpc) is 2.61. The number of hydrogen-bond acceptors (Lipinski definition) is 3. The Morgan fingerprint density at radius 1 is 1.50 bits per heavy atom. The average molecular weight is 254 g/mol. The van der Waals surface area contributed by atoms with Crippen LogP contribution in [0.4, 0.5) is 10.5 Å².